The molecule has 0 aliphatic carbocycles. The minimum Gasteiger partial charge on any atom is -0.398 e. The van der Waals surface area contributed by atoms with E-state index in [0.717, 1.165) is 18.5 Å². The number of hydrogen-bond donors (Lipinski definition) is 3. The molecule has 1 aromatic carbocycles. The number of carbonyl (C=O) groups excluding carboxylic acids is 1. The van der Waals surface area contributed by atoms with Crippen LogP contribution in [0.15, 0.2) is 18.2 Å². The van der Waals surface area contributed by atoms with Crippen LogP contribution in [0.2, 0.25) is 0 Å². The Morgan fingerprint density at radius 1 is 1.37 bits per heavy atom. The van der Waals surface area contributed by atoms with Gasteiger partial charge in [-0.3, -0.25) is 4.79 Å². The van der Waals surface area contributed by atoms with Gasteiger partial charge in [-0.1, -0.05) is 26.7 Å². The standard InChI is InChI=1S/C15H24N2O2/c1-4-11(5-2)15(19)9-17-12-6-7-14(16)13(8-12)10(3)18/h6-8,11,15,17,19H,4-5,9,16H2,1-3H3. The maximum absolute atomic E-state index is 11.4. The molecule has 19 heavy (non-hydrogen) atoms. The van der Waals surface area contributed by atoms with Crippen LogP contribution in [0.25, 0.3) is 0 Å². The Morgan fingerprint density at radius 3 is 2.53 bits per heavy atom. The quantitative estimate of drug-likeness (QED) is 0.523. The molecule has 0 saturated carbocycles. The fraction of sp³-hybridized carbons (Fsp3) is 0.533. The maximum Gasteiger partial charge on any atom is 0.161 e. The number of benzene rings is 1. The van der Waals surface area contributed by atoms with Crippen LogP contribution < -0.4 is 11.1 Å². The Labute approximate surface area is 115 Å². The average molecular weight is 264 g/mol. The van der Waals surface area contributed by atoms with Crippen molar-refractivity contribution >= 4 is 17.2 Å². The lowest BCUT2D eigenvalue weighted by atomic mass is 9.96. The summed E-state index contributed by atoms with van der Waals surface area (Å²) in [4.78, 5) is 11.4. The molecule has 0 amide bonds. The van der Waals surface area contributed by atoms with Crippen molar-refractivity contribution in [1.82, 2.24) is 0 Å². The molecule has 0 spiro atoms. The van der Waals surface area contributed by atoms with E-state index in [-0.39, 0.29) is 11.9 Å². The van der Waals surface area contributed by atoms with Crippen LogP contribution in [-0.2, 0) is 0 Å². The zero-order chi connectivity index (χ0) is 14.4. The van der Waals surface area contributed by atoms with Gasteiger partial charge >= 0.3 is 0 Å². The molecular weight excluding hydrogens is 240 g/mol. The molecule has 0 fully saturated rings. The predicted molar refractivity (Wildman–Crippen MR) is 79.4 cm³/mol. The van der Waals surface area contributed by atoms with Gasteiger partial charge < -0.3 is 16.2 Å². The lowest BCUT2D eigenvalue weighted by molar-refractivity contribution is 0.101. The number of nitrogens with one attached hydrogen (secondary N) is 1. The highest BCUT2D eigenvalue weighted by atomic mass is 16.3. The van der Waals surface area contributed by atoms with Gasteiger partial charge in [-0.25, -0.2) is 0 Å². The molecule has 4 N–H and O–H groups in total. The highest BCUT2D eigenvalue weighted by molar-refractivity contribution is 5.99. The molecule has 106 valence electrons. The molecule has 0 bridgehead atoms. The smallest absolute Gasteiger partial charge is 0.161 e. The Balaban J connectivity index is 2.68. The third kappa shape index (κ3) is 4.24. The van der Waals surface area contributed by atoms with Crippen LogP contribution in [0.4, 0.5) is 11.4 Å². The van der Waals surface area contributed by atoms with Crippen molar-refractivity contribution in [1.29, 1.82) is 0 Å². The molecule has 0 aliphatic heterocycles. The molecular formula is C15H24N2O2. The molecule has 1 aromatic rings. The zero-order valence-corrected chi connectivity index (χ0v) is 11.9. The molecule has 1 rings (SSSR count). The van der Waals surface area contributed by atoms with Gasteiger partial charge in [-0.2, -0.15) is 0 Å². The Kier molecular flexibility index (Phi) is 5.83. The number of nitrogens with two attached hydrogens (primary N) is 1. The molecule has 0 heterocycles. The number of hydrogen-bond acceptors (Lipinski definition) is 4. The first-order valence-electron chi connectivity index (χ1n) is 6.81. The Morgan fingerprint density at radius 2 is 2.00 bits per heavy atom. The summed E-state index contributed by atoms with van der Waals surface area (Å²) in [6.45, 7) is 6.13. The van der Waals surface area contributed by atoms with Gasteiger partial charge in [-0.05, 0) is 31.0 Å². The normalized spacial score (nSPS) is 12.5. The second-order valence-corrected chi connectivity index (χ2v) is 4.88. The van der Waals surface area contributed by atoms with Crippen molar-refractivity contribution in [2.75, 3.05) is 17.6 Å². The van der Waals surface area contributed by atoms with E-state index >= 15 is 0 Å². The lowest BCUT2D eigenvalue weighted by Gasteiger charge is -2.21. The van der Waals surface area contributed by atoms with Crippen molar-refractivity contribution in [2.24, 2.45) is 5.92 Å². The predicted octanol–water partition coefficient (Wildman–Crippen LogP) is 2.68. The molecule has 4 heteroatoms. The van der Waals surface area contributed by atoms with Gasteiger partial charge in [0.15, 0.2) is 5.78 Å². The van der Waals surface area contributed by atoms with Gasteiger partial charge in [0, 0.05) is 23.5 Å². The summed E-state index contributed by atoms with van der Waals surface area (Å²) >= 11 is 0. The molecule has 0 saturated heterocycles. The minimum absolute atomic E-state index is 0.0540. The van der Waals surface area contributed by atoms with Crippen LogP contribution in [0.1, 0.15) is 44.0 Å². The van der Waals surface area contributed by atoms with Crippen LogP contribution in [0.5, 0.6) is 0 Å². The first-order valence-corrected chi connectivity index (χ1v) is 6.81. The molecule has 0 aromatic heterocycles. The van der Waals surface area contributed by atoms with Gasteiger partial charge in [0.1, 0.15) is 0 Å². The second kappa shape index (κ2) is 7.14. The highest BCUT2D eigenvalue weighted by Gasteiger charge is 2.15. The third-order valence-electron chi connectivity index (χ3n) is 3.54. The number of ketones is 1. The molecule has 0 radical (unpaired) electrons. The van der Waals surface area contributed by atoms with Crippen molar-refractivity contribution < 1.29 is 9.90 Å². The second-order valence-electron chi connectivity index (χ2n) is 4.88. The number of carbonyl (C=O) groups is 1. The summed E-state index contributed by atoms with van der Waals surface area (Å²) in [7, 11) is 0. The van der Waals surface area contributed by atoms with Crippen molar-refractivity contribution in [3.63, 3.8) is 0 Å². The van der Waals surface area contributed by atoms with Gasteiger partial charge in [0.2, 0.25) is 0 Å². The van der Waals surface area contributed by atoms with E-state index in [1.165, 1.54) is 6.92 Å². The van der Waals surface area contributed by atoms with E-state index in [4.69, 9.17) is 5.73 Å². The van der Waals surface area contributed by atoms with E-state index in [1.54, 1.807) is 12.1 Å². The first kappa shape index (κ1) is 15.5. The average Bonchev–Trinajstić information content (AvgIpc) is 2.38. The number of rotatable bonds is 7. The van der Waals surface area contributed by atoms with Crippen LogP contribution in [0, 0.1) is 5.92 Å². The van der Waals surface area contributed by atoms with Crippen LogP contribution in [-0.4, -0.2) is 23.5 Å². The topological polar surface area (TPSA) is 75.3 Å². The Hall–Kier alpha value is -1.55. The summed E-state index contributed by atoms with van der Waals surface area (Å²) in [6.07, 6.45) is 1.54. The minimum atomic E-state index is -0.381. The summed E-state index contributed by atoms with van der Waals surface area (Å²) in [6, 6.07) is 5.27. The Bertz CT molecular complexity index is 428. The van der Waals surface area contributed by atoms with E-state index in [1.807, 2.05) is 6.07 Å². The summed E-state index contributed by atoms with van der Waals surface area (Å²) in [5.74, 6) is 0.246. The van der Waals surface area contributed by atoms with E-state index < -0.39 is 0 Å². The van der Waals surface area contributed by atoms with Gasteiger partial charge in [0.05, 0.1) is 6.10 Å². The number of aliphatic hydroxyl groups excluding tert-OH is 1. The van der Waals surface area contributed by atoms with Gasteiger partial charge in [-0.15, -0.1) is 0 Å². The fourth-order valence-electron chi connectivity index (χ4n) is 2.19. The van der Waals surface area contributed by atoms with E-state index in [2.05, 4.69) is 19.2 Å². The molecule has 0 aliphatic rings. The number of nitrogen functional groups attached to an aromatic ring is 1. The monoisotopic (exact) mass is 264 g/mol. The van der Waals surface area contributed by atoms with Crippen molar-refractivity contribution in [3.8, 4) is 0 Å². The van der Waals surface area contributed by atoms with E-state index in [9.17, 15) is 9.90 Å². The number of aliphatic hydroxyl groups is 1. The number of Topliss-reactive ketones (excluding diaryl/α,β-unsaturated/α-hetero) is 1. The maximum atomic E-state index is 11.4. The van der Waals surface area contributed by atoms with E-state index in [0.29, 0.717) is 23.7 Å². The highest BCUT2D eigenvalue weighted by Crippen LogP contribution is 2.19. The summed E-state index contributed by atoms with van der Waals surface area (Å²) in [5, 5.41) is 13.2. The van der Waals surface area contributed by atoms with Gasteiger partial charge in [0.25, 0.3) is 0 Å². The molecule has 1 unspecified atom stereocenters. The summed E-state index contributed by atoms with van der Waals surface area (Å²) < 4.78 is 0. The van der Waals surface area contributed by atoms with Crippen LogP contribution in [0.3, 0.4) is 0 Å². The first-order chi connectivity index (χ1) is 8.99. The number of anilines is 2. The third-order valence-corrected chi connectivity index (χ3v) is 3.54. The molecule has 1 atom stereocenters. The SMILES string of the molecule is CCC(CC)C(O)CNc1ccc(N)c(C(C)=O)c1. The largest absolute Gasteiger partial charge is 0.398 e. The van der Waals surface area contributed by atoms with Crippen LogP contribution >= 0.6 is 0 Å². The lowest BCUT2D eigenvalue weighted by Crippen LogP contribution is -2.27. The van der Waals surface area contributed by atoms with Crippen molar-refractivity contribution in [2.45, 2.75) is 39.7 Å². The van der Waals surface area contributed by atoms with Crippen molar-refractivity contribution in [3.05, 3.63) is 23.8 Å². The summed E-state index contributed by atoms with van der Waals surface area (Å²) in [5.41, 5.74) is 7.55. The zero-order valence-electron chi connectivity index (χ0n) is 11.9. The fourth-order valence-corrected chi connectivity index (χ4v) is 2.19. The molecule has 4 nitrogen and oxygen atoms in total.